The van der Waals surface area contributed by atoms with E-state index in [0.29, 0.717) is 23.4 Å². The number of halogens is 2. The molecule has 0 bridgehead atoms. The number of para-hydroxylation sites is 1. The van der Waals surface area contributed by atoms with Gasteiger partial charge in [0.2, 0.25) is 5.91 Å². The molecule has 7 nitrogen and oxygen atoms in total. The van der Waals surface area contributed by atoms with Crippen molar-refractivity contribution in [2.75, 3.05) is 32.5 Å². The van der Waals surface area contributed by atoms with E-state index < -0.39 is 0 Å². The molecule has 0 saturated heterocycles. The number of nitrogens with one attached hydrogen (secondary N) is 3. The minimum Gasteiger partial charge on any atom is -0.351 e. The van der Waals surface area contributed by atoms with Gasteiger partial charge in [0.05, 0.1) is 11.1 Å². The minimum absolute atomic E-state index is 0. The van der Waals surface area contributed by atoms with Gasteiger partial charge in [0.25, 0.3) is 5.91 Å². The fourth-order valence-electron chi connectivity index (χ4n) is 2.76. The smallest absolute Gasteiger partial charge is 0.253 e. The summed E-state index contributed by atoms with van der Waals surface area (Å²) < 4.78 is 0. The fourth-order valence-corrected chi connectivity index (χ4v) is 2.76. The topological polar surface area (TPSA) is 90.1 Å². The molecule has 0 radical (unpaired) electrons. The summed E-state index contributed by atoms with van der Waals surface area (Å²) in [5, 5.41) is 5.66. The summed E-state index contributed by atoms with van der Waals surface area (Å²) in [6, 6.07) is 12.9. The SMILES string of the molecule is CC(=O)Nc1ccc(-c2nc3c(C(=O)NCCN(C)C)cccc3[nH]2)cc1.Cl.Cl. The first-order valence-electron chi connectivity index (χ1n) is 8.74. The maximum atomic E-state index is 12.5. The average molecular weight is 438 g/mol. The second kappa shape index (κ2) is 10.8. The molecule has 156 valence electrons. The van der Waals surface area contributed by atoms with Gasteiger partial charge in [0.1, 0.15) is 11.3 Å². The zero-order chi connectivity index (χ0) is 19.4. The summed E-state index contributed by atoms with van der Waals surface area (Å²) in [4.78, 5) is 33.5. The van der Waals surface area contributed by atoms with Crippen LogP contribution in [-0.4, -0.2) is 53.9 Å². The molecule has 3 aromatic rings. The number of aromatic nitrogens is 2. The van der Waals surface area contributed by atoms with E-state index in [9.17, 15) is 9.59 Å². The second-order valence-corrected chi connectivity index (χ2v) is 6.60. The molecular weight excluding hydrogens is 413 g/mol. The van der Waals surface area contributed by atoms with E-state index in [0.717, 1.165) is 23.3 Å². The van der Waals surface area contributed by atoms with Crippen LogP contribution in [0.25, 0.3) is 22.4 Å². The number of H-pyrrole nitrogens is 1. The summed E-state index contributed by atoms with van der Waals surface area (Å²) in [7, 11) is 3.92. The zero-order valence-electron chi connectivity index (χ0n) is 16.5. The van der Waals surface area contributed by atoms with E-state index in [1.807, 2.05) is 55.4 Å². The third-order valence-electron chi connectivity index (χ3n) is 4.08. The van der Waals surface area contributed by atoms with E-state index in [-0.39, 0.29) is 36.6 Å². The van der Waals surface area contributed by atoms with Crippen LogP contribution in [0.3, 0.4) is 0 Å². The van der Waals surface area contributed by atoms with Crippen LogP contribution in [0, 0.1) is 0 Å². The predicted octanol–water partition coefficient (Wildman–Crippen LogP) is 3.32. The Bertz CT molecular complexity index is 971. The normalized spacial score (nSPS) is 10.2. The highest BCUT2D eigenvalue weighted by Gasteiger charge is 2.14. The number of benzene rings is 2. The molecule has 2 aromatic carbocycles. The number of carbonyl (C=O) groups excluding carboxylic acids is 2. The van der Waals surface area contributed by atoms with Crippen molar-refractivity contribution in [1.82, 2.24) is 20.2 Å². The van der Waals surface area contributed by atoms with Crippen molar-refractivity contribution in [1.29, 1.82) is 0 Å². The van der Waals surface area contributed by atoms with E-state index in [1.165, 1.54) is 6.92 Å². The van der Waals surface area contributed by atoms with E-state index in [4.69, 9.17) is 0 Å². The van der Waals surface area contributed by atoms with Gasteiger partial charge in [-0.25, -0.2) is 4.98 Å². The van der Waals surface area contributed by atoms with Crippen LogP contribution < -0.4 is 10.6 Å². The Morgan fingerprint density at radius 1 is 1.07 bits per heavy atom. The Hall–Kier alpha value is -2.61. The first-order chi connectivity index (χ1) is 12.9. The number of hydrogen-bond donors (Lipinski definition) is 3. The first kappa shape index (κ1) is 24.4. The average Bonchev–Trinajstić information content (AvgIpc) is 3.05. The van der Waals surface area contributed by atoms with Crippen LogP contribution >= 0.6 is 24.8 Å². The molecule has 0 saturated carbocycles. The van der Waals surface area contributed by atoms with Crippen molar-refractivity contribution >= 4 is 53.3 Å². The summed E-state index contributed by atoms with van der Waals surface area (Å²) >= 11 is 0. The number of amides is 2. The molecular formula is C20H25Cl2N5O2. The van der Waals surface area contributed by atoms with Gasteiger partial charge in [-0.15, -0.1) is 24.8 Å². The van der Waals surface area contributed by atoms with Crippen molar-refractivity contribution in [3.05, 3.63) is 48.0 Å². The van der Waals surface area contributed by atoms with Crippen LogP contribution in [0.4, 0.5) is 5.69 Å². The number of rotatable bonds is 6. The highest BCUT2D eigenvalue weighted by molar-refractivity contribution is 6.05. The molecule has 0 aliphatic carbocycles. The van der Waals surface area contributed by atoms with Crippen molar-refractivity contribution in [2.24, 2.45) is 0 Å². The van der Waals surface area contributed by atoms with Gasteiger partial charge in [-0.05, 0) is 50.5 Å². The number of aromatic amines is 1. The molecule has 0 atom stereocenters. The van der Waals surface area contributed by atoms with Crippen molar-refractivity contribution in [3.8, 4) is 11.4 Å². The zero-order valence-corrected chi connectivity index (χ0v) is 18.1. The molecule has 0 fully saturated rings. The Kier molecular flexibility index (Phi) is 9.10. The highest BCUT2D eigenvalue weighted by atomic mass is 35.5. The van der Waals surface area contributed by atoms with Gasteiger partial charge in [0.15, 0.2) is 0 Å². The summed E-state index contributed by atoms with van der Waals surface area (Å²) in [6.07, 6.45) is 0. The molecule has 1 heterocycles. The Balaban J connectivity index is 0.00000210. The molecule has 2 amide bonds. The number of imidazole rings is 1. The van der Waals surface area contributed by atoms with Gasteiger partial charge < -0.3 is 20.5 Å². The van der Waals surface area contributed by atoms with Crippen LogP contribution in [0.5, 0.6) is 0 Å². The van der Waals surface area contributed by atoms with E-state index in [2.05, 4.69) is 20.6 Å². The van der Waals surface area contributed by atoms with Crippen molar-refractivity contribution in [2.45, 2.75) is 6.92 Å². The van der Waals surface area contributed by atoms with Gasteiger partial charge in [-0.3, -0.25) is 9.59 Å². The fraction of sp³-hybridized carbons (Fsp3) is 0.250. The lowest BCUT2D eigenvalue weighted by atomic mass is 10.1. The Morgan fingerprint density at radius 2 is 1.76 bits per heavy atom. The standard InChI is InChI=1S/C20H23N5O2.2ClH/c1-13(26)22-15-9-7-14(8-10-15)19-23-17-6-4-5-16(18(17)24-19)20(27)21-11-12-25(2)3;;/h4-10H,11-12H2,1-3H3,(H,21,27)(H,22,26)(H,23,24);2*1H. The van der Waals surface area contributed by atoms with Crippen LogP contribution in [0.1, 0.15) is 17.3 Å². The first-order valence-corrected chi connectivity index (χ1v) is 8.74. The minimum atomic E-state index is -0.137. The van der Waals surface area contributed by atoms with Crippen LogP contribution in [0.2, 0.25) is 0 Å². The third-order valence-corrected chi connectivity index (χ3v) is 4.08. The monoisotopic (exact) mass is 437 g/mol. The lowest BCUT2D eigenvalue weighted by molar-refractivity contribution is -0.114. The van der Waals surface area contributed by atoms with Gasteiger partial charge in [-0.1, -0.05) is 6.07 Å². The molecule has 0 aliphatic rings. The molecule has 9 heteroatoms. The number of hydrogen-bond acceptors (Lipinski definition) is 4. The summed E-state index contributed by atoms with van der Waals surface area (Å²) in [5.41, 5.74) is 3.59. The molecule has 0 spiro atoms. The summed E-state index contributed by atoms with van der Waals surface area (Å²) in [6.45, 7) is 2.82. The maximum absolute atomic E-state index is 12.5. The number of likely N-dealkylation sites (N-methyl/N-ethyl adjacent to an activating group) is 1. The highest BCUT2D eigenvalue weighted by Crippen LogP contribution is 2.24. The molecule has 3 N–H and O–H groups in total. The van der Waals surface area contributed by atoms with Crippen LogP contribution in [0.15, 0.2) is 42.5 Å². The van der Waals surface area contributed by atoms with Crippen molar-refractivity contribution < 1.29 is 9.59 Å². The number of anilines is 1. The second-order valence-electron chi connectivity index (χ2n) is 6.60. The predicted molar refractivity (Wildman–Crippen MR) is 121 cm³/mol. The largest absolute Gasteiger partial charge is 0.351 e. The Morgan fingerprint density at radius 3 is 2.38 bits per heavy atom. The van der Waals surface area contributed by atoms with Gasteiger partial charge in [-0.2, -0.15) is 0 Å². The number of fused-ring (bicyclic) bond motifs is 1. The number of carbonyl (C=O) groups is 2. The lowest BCUT2D eigenvalue weighted by Gasteiger charge is -2.10. The lowest BCUT2D eigenvalue weighted by Crippen LogP contribution is -2.31. The van der Waals surface area contributed by atoms with Gasteiger partial charge >= 0.3 is 0 Å². The molecule has 3 rings (SSSR count). The maximum Gasteiger partial charge on any atom is 0.253 e. The number of nitrogens with zero attached hydrogens (tertiary/aromatic N) is 2. The molecule has 0 unspecified atom stereocenters. The quantitative estimate of drug-likeness (QED) is 0.551. The van der Waals surface area contributed by atoms with E-state index >= 15 is 0 Å². The van der Waals surface area contributed by atoms with Crippen LogP contribution in [-0.2, 0) is 4.79 Å². The molecule has 1 aromatic heterocycles. The van der Waals surface area contributed by atoms with Crippen molar-refractivity contribution in [3.63, 3.8) is 0 Å². The molecule has 29 heavy (non-hydrogen) atoms. The molecule has 0 aliphatic heterocycles. The Labute approximate surface area is 182 Å². The summed E-state index contributed by atoms with van der Waals surface area (Å²) in [5.74, 6) is 0.422. The third kappa shape index (κ3) is 6.19. The van der Waals surface area contributed by atoms with E-state index in [1.54, 1.807) is 6.07 Å². The van der Waals surface area contributed by atoms with Gasteiger partial charge in [0, 0.05) is 31.3 Å².